The second-order valence-corrected chi connectivity index (χ2v) is 8.69. The van der Waals surface area contributed by atoms with Crippen molar-refractivity contribution in [2.45, 2.75) is 30.9 Å². The van der Waals surface area contributed by atoms with E-state index in [1.54, 1.807) is 7.11 Å². The minimum Gasteiger partial charge on any atom is -0.565 e. The summed E-state index contributed by atoms with van der Waals surface area (Å²) in [6.45, 7) is 1.63. The number of hydrogen-bond acceptors (Lipinski definition) is 9. The van der Waals surface area contributed by atoms with E-state index in [-0.39, 0.29) is 25.5 Å². The first-order valence-electron chi connectivity index (χ1n) is 11.4. The average Bonchev–Trinajstić information content (AvgIpc) is 3.27. The largest absolute Gasteiger partial charge is 0.565 e. The van der Waals surface area contributed by atoms with Gasteiger partial charge in [-0.05, 0) is 53.3 Å². The molecule has 0 fully saturated rings. The first-order valence-corrected chi connectivity index (χ1v) is 12.5. The quantitative estimate of drug-likeness (QED) is 0.150. The molecule has 4 rings (SSSR count). The number of nitrogens with one attached hydrogen (secondary N) is 2. The predicted molar refractivity (Wildman–Crippen MR) is 137 cm³/mol. The molecule has 1 heterocycles. The van der Waals surface area contributed by atoms with Gasteiger partial charge in [0, 0.05) is 18.3 Å². The Balaban J connectivity index is 0.000000895. The fourth-order valence-electron chi connectivity index (χ4n) is 4.19. The molecule has 1 aliphatic heterocycles. The third-order valence-electron chi connectivity index (χ3n) is 5.74. The zero-order valence-electron chi connectivity index (χ0n) is 20.0. The van der Waals surface area contributed by atoms with Crippen molar-refractivity contribution < 1.29 is 40.9 Å². The molecule has 0 bridgehead atoms. The first kappa shape index (κ1) is 29.4. The van der Waals surface area contributed by atoms with Gasteiger partial charge in [-0.2, -0.15) is 0 Å². The summed E-state index contributed by atoms with van der Waals surface area (Å²) < 4.78 is 23.1. The molecule has 0 saturated heterocycles. The van der Waals surface area contributed by atoms with Gasteiger partial charge in [0.05, 0.1) is 19.1 Å². The fraction of sp³-hybridized carbons (Fsp3) is 0.360. The van der Waals surface area contributed by atoms with Crippen LogP contribution in [0.25, 0.3) is 0 Å². The molecule has 1 aliphatic carbocycles. The molecule has 0 spiro atoms. The normalized spacial score (nSPS) is 18.2. The molecule has 4 atom stereocenters. The van der Waals surface area contributed by atoms with Crippen molar-refractivity contribution in [3.63, 3.8) is 0 Å². The van der Waals surface area contributed by atoms with Gasteiger partial charge in [0.25, 0.3) is 0 Å². The van der Waals surface area contributed by atoms with Gasteiger partial charge < -0.3 is 35.6 Å². The number of aryl methyl sites for hydroxylation is 1. The number of ether oxygens (including phenoxy) is 2. The van der Waals surface area contributed by atoms with Crippen LogP contribution in [0.2, 0.25) is 0 Å². The van der Waals surface area contributed by atoms with E-state index in [1.165, 1.54) is 11.1 Å². The molecule has 0 aromatic heterocycles. The van der Waals surface area contributed by atoms with Crippen LogP contribution in [-0.4, -0.2) is 54.8 Å². The number of allylic oxidation sites excluding steroid dienone is 2. The van der Waals surface area contributed by atoms with Crippen LogP contribution in [0.3, 0.4) is 0 Å². The van der Waals surface area contributed by atoms with Crippen LogP contribution in [0.15, 0.2) is 72.5 Å². The lowest BCUT2D eigenvalue weighted by Crippen LogP contribution is -2.32. The summed E-state index contributed by atoms with van der Waals surface area (Å²) >= 11 is 0. The maximum atomic E-state index is 10.3. The van der Waals surface area contributed by atoms with Gasteiger partial charge in [-0.25, -0.2) is 5.26 Å². The van der Waals surface area contributed by atoms with E-state index in [1.807, 2.05) is 36.4 Å². The van der Waals surface area contributed by atoms with Crippen molar-refractivity contribution in [3.05, 3.63) is 83.6 Å². The minimum absolute atomic E-state index is 0. The van der Waals surface area contributed by atoms with Crippen molar-refractivity contribution in [2.24, 2.45) is 0 Å². The smallest absolute Gasteiger partial charge is 0.521 e. The Labute approximate surface area is 212 Å². The Hall–Kier alpha value is -2.82. The van der Waals surface area contributed by atoms with Gasteiger partial charge >= 0.3 is 8.25 Å². The van der Waals surface area contributed by atoms with E-state index in [0.717, 1.165) is 36.6 Å². The average molecular weight is 523 g/mol. The highest BCUT2D eigenvalue weighted by Crippen LogP contribution is 2.42. The number of hydrogen-bond donors (Lipinski definition) is 4. The second kappa shape index (κ2) is 15.3. The predicted octanol–water partition coefficient (Wildman–Crippen LogP) is 2.54. The van der Waals surface area contributed by atoms with Crippen LogP contribution in [0.4, 0.5) is 5.69 Å². The van der Waals surface area contributed by atoms with Crippen molar-refractivity contribution in [3.8, 4) is 5.75 Å². The van der Waals surface area contributed by atoms with E-state index in [2.05, 4.69) is 45.6 Å². The summed E-state index contributed by atoms with van der Waals surface area (Å²) in [4.78, 5) is 8.93. The van der Waals surface area contributed by atoms with E-state index < -0.39 is 14.4 Å². The van der Waals surface area contributed by atoms with Crippen LogP contribution in [0, 0.1) is 0 Å². The summed E-state index contributed by atoms with van der Waals surface area (Å²) in [5.74, 6) is 2.02. The molecule has 0 radical (unpaired) electrons. The molecular formula is C25H35N2O8P. The van der Waals surface area contributed by atoms with Crippen LogP contribution < -0.4 is 20.3 Å². The van der Waals surface area contributed by atoms with Gasteiger partial charge in [-0.1, -0.05) is 48.6 Å². The van der Waals surface area contributed by atoms with Gasteiger partial charge in [-0.3, -0.25) is 0 Å². The van der Waals surface area contributed by atoms with Crippen LogP contribution in [0.5, 0.6) is 5.75 Å². The molecule has 198 valence electrons. The number of rotatable bonds is 11. The standard InChI is InChI=1S/C25H30N2O3.HO4P.H2O.H2/c1-29-23-13-5-2-8-18(23)9-7-15-26-16-19(28)17-30-24-14-6-12-22-25(24)20-10-3-4-11-21(20)27-22;1-4-5(2)3;;/h2-6,8,10-14,19,22,25-28H,7,9,15-17H2,1H3;1H;1H2;1H. The number of aliphatic hydroxyl groups is 1. The highest BCUT2D eigenvalue weighted by molar-refractivity contribution is 7.30. The molecule has 10 nitrogen and oxygen atoms in total. The second-order valence-electron chi connectivity index (χ2n) is 8.08. The van der Waals surface area contributed by atoms with Gasteiger partial charge in [-0.15, -0.1) is 0 Å². The fourth-order valence-corrected chi connectivity index (χ4v) is 4.19. The third kappa shape index (κ3) is 8.39. The van der Waals surface area contributed by atoms with E-state index in [4.69, 9.17) is 24.2 Å². The Morgan fingerprint density at radius 2 is 1.94 bits per heavy atom. The van der Waals surface area contributed by atoms with Crippen LogP contribution in [-0.2, 0) is 20.4 Å². The van der Waals surface area contributed by atoms with Crippen molar-refractivity contribution in [1.82, 2.24) is 5.32 Å². The Morgan fingerprint density at radius 3 is 2.69 bits per heavy atom. The van der Waals surface area contributed by atoms with Gasteiger partial charge in [0.2, 0.25) is 0 Å². The Morgan fingerprint density at radius 1 is 1.22 bits per heavy atom. The first-order chi connectivity index (χ1) is 17.0. The molecule has 2 aliphatic rings. The number of para-hydroxylation sites is 2. The zero-order chi connectivity index (χ0) is 25.0. The topological polar surface area (TPSA) is 164 Å². The molecule has 6 N–H and O–H groups in total. The lowest BCUT2D eigenvalue weighted by molar-refractivity contribution is -0.244. The summed E-state index contributed by atoms with van der Waals surface area (Å²) in [7, 11) is -1.34. The number of methoxy groups -OCH3 is 1. The highest BCUT2D eigenvalue weighted by Gasteiger charge is 2.35. The molecule has 2 aromatic rings. The van der Waals surface area contributed by atoms with E-state index >= 15 is 0 Å². The lowest BCUT2D eigenvalue weighted by atomic mass is 9.90. The maximum Gasteiger partial charge on any atom is 0.521 e. The van der Waals surface area contributed by atoms with Gasteiger partial charge in [0.15, 0.2) is 0 Å². The SMILES string of the molecule is COc1ccccc1CCCNCC(O)COC1=CC=CC2Nc3ccccc3C12.O.O=[P+]([O-])OO.[HH]. The maximum absolute atomic E-state index is 10.3. The van der Waals surface area contributed by atoms with E-state index in [9.17, 15) is 5.11 Å². The summed E-state index contributed by atoms with van der Waals surface area (Å²) in [6, 6.07) is 16.7. The molecule has 11 heteroatoms. The Kier molecular flexibility index (Phi) is 12.5. The number of benzene rings is 2. The molecule has 0 saturated carbocycles. The lowest BCUT2D eigenvalue weighted by Gasteiger charge is -2.25. The highest BCUT2D eigenvalue weighted by atomic mass is 31.1. The van der Waals surface area contributed by atoms with Gasteiger partial charge in [0.1, 0.15) is 24.2 Å². The van der Waals surface area contributed by atoms with E-state index in [0.29, 0.717) is 6.54 Å². The molecule has 2 aromatic carbocycles. The molecule has 0 amide bonds. The third-order valence-corrected chi connectivity index (χ3v) is 5.88. The number of fused-ring (bicyclic) bond motifs is 3. The number of anilines is 1. The van der Waals surface area contributed by atoms with Crippen molar-refractivity contribution in [1.29, 1.82) is 0 Å². The van der Waals surface area contributed by atoms with Crippen LogP contribution in [0.1, 0.15) is 24.9 Å². The van der Waals surface area contributed by atoms with Crippen molar-refractivity contribution >= 4 is 13.9 Å². The molecular weight excluding hydrogens is 487 g/mol. The summed E-state index contributed by atoms with van der Waals surface area (Å²) in [5, 5.41) is 24.3. The molecule has 36 heavy (non-hydrogen) atoms. The van der Waals surface area contributed by atoms with Crippen LogP contribution >= 0.6 is 8.25 Å². The molecule has 4 unspecified atom stereocenters. The number of aliphatic hydroxyl groups excluding tert-OH is 1. The van der Waals surface area contributed by atoms with Crippen molar-refractivity contribution in [2.75, 3.05) is 32.1 Å². The minimum atomic E-state index is -3.04. The zero-order valence-corrected chi connectivity index (χ0v) is 20.9. The monoisotopic (exact) mass is 522 g/mol. The Bertz CT molecular complexity index is 1040. The summed E-state index contributed by atoms with van der Waals surface area (Å²) in [5.41, 5.74) is 3.62. The summed E-state index contributed by atoms with van der Waals surface area (Å²) in [6.07, 6.45) is 7.58.